The van der Waals surface area contributed by atoms with E-state index in [1.54, 1.807) is 0 Å². The quantitative estimate of drug-likeness (QED) is 0.681. The molecule has 0 amide bonds. The van der Waals surface area contributed by atoms with Crippen LogP contribution in [0.5, 0.6) is 0 Å². The lowest BCUT2D eigenvalue weighted by atomic mass is 10.2. The summed E-state index contributed by atoms with van der Waals surface area (Å²) in [7, 11) is 0. The molecule has 2 nitrogen and oxygen atoms in total. The lowest BCUT2D eigenvalue weighted by Gasteiger charge is -2.10. The van der Waals surface area contributed by atoms with Gasteiger partial charge in [-0.3, -0.25) is 0 Å². The van der Waals surface area contributed by atoms with Crippen molar-refractivity contribution >= 4 is 0 Å². The summed E-state index contributed by atoms with van der Waals surface area (Å²) in [6.45, 7) is 2.38. The summed E-state index contributed by atoms with van der Waals surface area (Å²) < 4.78 is 35.1. The second kappa shape index (κ2) is 6.66. The van der Waals surface area contributed by atoms with Crippen molar-refractivity contribution in [3.05, 3.63) is 0 Å². The molecule has 0 aromatic rings. The van der Waals surface area contributed by atoms with Gasteiger partial charge in [-0.25, -0.2) is 0 Å². The van der Waals surface area contributed by atoms with E-state index in [0.29, 0.717) is 19.4 Å². The predicted molar refractivity (Wildman–Crippen MR) is 47.6 cm³/mol. The maximum atomic E-state index is 11.7. The van der Waals surface area contributed by atoms with Gasteiger partial charge in [0.2, 0.25) is 0 Å². The van der Waals surface area contributed by atoms with E-state index in [-0.39, 0.29) is 12.5 Å². The number of nitrogens with one attached hydrogen (secondary N) is 1. The average Bonchev–Trinajstić information content (AvgIpc) is 2.02. The van der Waals surface area contributed by atoms with Gasteiger partial charge in [0, 0.05) is 12.5 Å². The molecule has 0 aliphatic heterocycles. The minimum Gasteiger partial charge on any atom is -0.313 e. The second-order valence-electron chi connectivity index (χ2n) is 3.29. The highest BCUT2D eigenvalue weighted by atomic mass is 19.4. The van der Waals surface area contributed by atoms with Gasteiger partial charge in [-0.2, -0.15) is 18.4 Å². The maximum absolute atomic E-state index is 11.7. The SMILES string of the molecule is CC(CC#N)NCCCCC(F)(F)F. The number of alkyl halides is 3. The van der Waals surface area contributed by atoms with Crippen molar-refractivity contribution in [2.45, 2.75) is 44.8 Å². The molecule has 0 aromatic heterocycles. The number of nitrogens with zero attached hydrogens (tertiary/aromatic N) is 1. The van der Waals surface area contributed by atoms with Gasteiger partial charge in [0.25, 0.3) is 0 Å². The zero-order valence-corrected chi connectivity index (χ0v) is 8.19. The molecule has 1 unspecified atom stereocenters. The Morgan fingerprint density at radius 3 is 2.50 bits per heavy atom. The van der Waals surface area contributed by atoms with E-state index in [0.717, 1.165) is 0 Å². The summed E-state index contributed by atoms with van der Waals surface area (Å²) >= 11 is 0. The molecule has 0 radical (unpaired) electrons. The lowest BCUT2D eigenvalue weighted by Crippen LogP contribution is -2.26. The molecular weight excluding hydrogens is 193 g/mol. The minimum absolute atomic E-state index is 0.0610. The van der Waals surface area contributed by atoms with Crippen LogP contribution < -0.4 is 5.32 Å². The summed E-state index contributed by atoms with van der Waals surface area (Å²) in [5.41, 5.74) is 0. The molecule has 0 fully saturated rings. The molecule has 0 saturated carbocycles. The van der Waals surface area contributed by atoms with Crippen molar-refractivity contribution in [3.8, 4) is 6.07 Å². The third-order valence-electron chi connectivity index (χ3n) is 1.78. The zero-order chi connectivity index (χ0) is 11.0. The first kappa shape index (κ1) is 13.2. The molecule has 0 aliphatic rings. The molecule has 0 aromatic carbocycles. The molecule has 5 heteroatoms. The molecule has 0 saturated heterocycles. The highest BCUT2D eigenvalue weighted by Gasteiger charge is 2.25. The Labute approximate surface area is 82.1 Å². The fourth-order valence-electron chi connectivity index (χ4n) is 1.01. The monoisotopic (exact) mass is 208 g/mol. The molecule has 0 rings (SSSR count). The fourth-order valence-corrected chi connectivity index (χ4v) is 1.01. The number of halogens is 3. The first-order valence-electron chi connectivity index (χ1n) is 4.63. The number of hydrogen-bond donors (Lipinski definition) is 1. The first-order valence-corrected chi connectivity index (χ1v) is 4.63. The number of unbranched alkanes of at least 4 members (excludes halogenated alkanes) is 1. The van der Waals surface area contributed by atoms with E-state index in [9.17, 15) is 13.2 Å². The van der Waals surface area contributed by atoms with Gasteiger partial charge in [-0.15, -0.1) is 0 Å². The molecule has 1 N–H and O–H groups in total. The molecule has 0 aliphatic carbocycles. The second-order valence-corrected chi connectivity index (χ2v) is 3.29. The van der Waals surface area contributed by atoms with Crippen molar-refractivity contribution in [2.75, 3.05) is 6.54 Å². The van der Waals surface area contributed by atoms with Crippen molar-refractivity contribution in [2.24, 2.45) is 0 Å². The van der Waals surface area contributed by atoms with Crippen LogP contribution in [0.3, 0.4) is 0 Å². The molecule has 0 heterocycles. The molecule has 14 heavy (non-hydrogen) atoms. The molecule has 0 spiro atoms. The molecule has 82 valence electrons. The van der Waals surface area contributed by atoms with E-state index < -0.39 is 12.6 Å². The van der Waals surface area contributed by atoms with Gasteiger partial charge in [-0.1, -0.05) is 0 Å². The van der Waals surface area contributed by atoms with Gasteiger partial charge in [0.1, 0.15) is 0 Å². The number of nitriles is 1. The van der Waals surface area contributed by atoms with E-state index in [1.165, 1.54) is 0 Å². The van der Waals surface area contributed by atoms with Crippen LogP contribution in [0.1, 0.15) is 32.6 Å². The largest absolute Gasteiger partial charge is 0.389 e. The molecule has 0 bridgehead atoms. The van der Waals surface area contributed by atoms with Crippen LogP contribution in [-0.2, 0) is 0 Å². The zero-order valence-electron chi connectivity index (χ0n) is 8.19. The highest BCUT2D eigenvalue weighted by molar-refractivity contribution is 4.77. The summed E-state index contributed by atoms with van der Waals surface area (Å²) in [5, 5.41) is 11.3. The van der Waals surface area contributed by atoms with E-state index in [2.05, 4.69) is 5.32 Å². The van der Waals surface area contributed by atoms with Crippen molar-refractivity contribution in [3.63, 3.8) is 0 Å². The Hall–Kier alpha value is -0.760. The number of rotatable bonds is 6. The van der Waals surface area contributed by atoms with Crippen LogP contribution >= 0.6 is 0 Å². The van der Waals surface area contributed by atoms with Crippen molar-refractivity contribution in [1.29, 1.82) is 5.26 Å². The summed E-state index contributed by atoms with van der Waals surface area (Å²) in [6.07, 6.45) is -3.73. The standard InChI is InChI=1S/C9H15F3N2/c1-8(4-6-13)14-7-3-2-5-9(10,11)12/h8,14H,2-5,7H2,1H3. The highest BCUT2D eigenvalue weighted by Crippen LogP contribution is 2.21. The van der Waals surface area contributed by atoms with E-state index >= 15 is 0 Å². The Morgan fingerprint density at radius 1 is 1.36 bits per heavy atom. The van der Waals surface area contributed by atoms with Crippen LogP contribution in [0.2, 0.25) is 0 Å². The number of hydrogen-bond acceptors (Lipinski definition) is 2. The van der Waals surface area contributed by atoms with Crippen LogP contribution in [0, 0.1) is 11.3 Å². The van der Waals surface area contributed by atoms with Crippen LogP contribution in [0.15, 0.2) is 0 Å². The Kier molecular flexibility index (Phi) is 6.30. The van der Waals surface area contributed by atoms with Crippen molar-refractivity contribution < 1.29 is 13.2 Å². The third-order valence-corrected chi connectivity index (χ3v) is 1.78. The smallest absolute Gasteiger partial charge is 0.313 e. The van der Waals surface area contributed by atoms with Crippen LogP contribution in [0.25, 0.3) is 0 Å². The molecule has 1 atom stereocenters. The summed E-state index contributed by atoms with van der Waals surface area (Å²) in [6, 6.07) is 2.05. The predicted octanol–water partition coefficient (Wildman–Crippen LogP) is 2.61. The van der Waals surface area contributed by atoms with E-state index in [1.807, 2.05) is 13.0 Å². The van der Waals surface area contributed by atoms with Crippen LogP contribution in [0.4, 0.5) is 13.2 Å². The average molecular weight is 208 g/mol. The fraction of sp³-hybridized carbons (Fsp3) is 0.889. The Bertz CT molecular complexity index is 183. The first-order chi connectivity index (χ1) is 6.45. The topological polar surface area (TPSA) is 35.8 Å². The van der Waals surface area contributed by atoms with E-state index in [4.69, 9.17) is 5.26 Å². The lowest BCUT2D eigenvalue weighted by molar-refractivity contribution is -0.135. The van der Waals surface area contributed by atoms with Crippen molar-refractivity contribution in [1.82, 2.24) is 5.32 Å². The normalized spacial score (nSPS) is 13.6. The summed E-state index contributed by atoms with van der Waals surface area (Å²) in [5.74, 6) is 0. The molecular formula is C9H15F3N2. The van der Waals surface area contributed by atoms with Gasteiger partial charge in [0.15, 0.2) is 0 Å². The van der Waals surface area contributed by atoms with Gasteiger partial charge in [-0.05, 0) is 26.3 Å². The Morgan fingerprint density at radius 2 is 2.00 bits per heavy atom. The third kappa shape index (κ3) is 9.33. The van der Waals surface area contributed by atoms with Crippen LogP contribution in [-0.4, -0.2) is 18.8 Å². The Balaban J connectivity index is 3.27. The summed E-state index contributed by atoms with van der Waals surface area (Å²) in [4.78, 5) is 0. The minimum atomic E-state index is -4.04. The maximum Gasteiger partial charge on any atom is 0.389 e. The van der Waals surface area contributed by atoms with Gasteiger partial charge in [0.05, 0.1) is 12.5 Å². The van der Waals surface area contributed by atoms with Gasteiger partial charge < -0.3 is 5.32 Å². The van der Waals surface area contributed by atoms with Gasteiger partial charge >= 0.3 is 6.18 Å².